The van der Waals surface area contributed by atoms with Crippen LogP contribution in [-0.2, 0) is 9.84 Å². The Morgan fingerprint density at radius 1 is 1.19 bits per heavy atom. The minimum Gasteiger partial charge on any atom is -0.311 e. The second kappa shape index (κ2) is 6.01. The minimum atomic E-state index is -2.78. The van der Waals surface area contributed by atoms with Crippen molar-refractivity contribution < 1.29 is 8.42 Å². The lowest BCUT2D eigenvalue weighted by atomic mass is 9.83. The number of rotatable bonds is 6. The molecule has 16 heavy (non-hydrogen) atoms. The van der Waals surface area contributed by atoms with Crippen molar-refractivity contribution in [3.05, 3.63) is 0 Å². The zero-order chi connectivity index (χ0) is 12.1. The van der Waals surface area contributed by atoms with E-state index in [9.17, 15) is 8.42 Å². The van der Waals surface area contributed by atoms with Gasteiger partial charge in [0.1, 0.15) is 9.84 Å². The molecular formula is C12H25NO2S. The predicted octanol–water partition coefficient (Wildman–Crippen LogP) is 2.12. The first-order valence-electron chi connectivity index (χ1n) is 6.43. The summed E-state index contributed by atoms with van der Waals surface area (Å²) >= 11 is 0. The van der Waals surface area contributed by atoms with Gasteiger partial charge in [0.05, 0.1) is 5.75 Å². The van der Waals surface area contributed by atoms with E-state index in [-0.39, 0.29) is 11.3 Å². The molecule has 4 heteroatoms. The van der Waals surface area contributed by atoms with Gasteiger partial charge in [0.2, 0.25) is 0 Å². The SMILES string of the molecule is CCS(=O)(=O)CCCNC1(C)CCCCC1. The fourth-order valence-electron chi connectivity index (χ4n) is 2.34. The van der Waals surface area contributed by atoms with Crippen LogP contribution in [0.1, 0.15) is 52.4 Å². The summed E-state index contributed by atoms with van der Waals surface area (Å²) in [5.41, 5.74) is 0.258. The fraction of sp³-hybridized carbons (Fsp3) is 1.00. The lowest BCUT2D eigenvalue weighted by molar-refractivity contribution is 0.255. The van der Waals surface area contributed by atoms with Crippen LogP contribution in [0, 0.1) is 0 Å². The molecule has 0 radical (unpaired) electrons. The molecule has 0 aromatic carbocycles. The third-order valence-electron chi connectivity index (χ3n) is 3.58. The molecule has 0 atom stereocenters. The van der Waals surface area contributed by atoms with Gasteiger partial charge in [-0.1, -0.05) is 26.2 Å². The fourth-order valence-corrected chi connectivity index (χ4v) is 3.21. The van der Waals surface area contributed by atoms with Gasteiger partial charge in [-0.05, 0) is 32.7 Å². The van der Waals surface area contributed by atoms with Crippen molar-refractivity contribution in [2.45, 2.75) is 57.9 Å². The summed E-state index contributed by atoms with van der Waals surface area (Å²) in [4.78, 5) is 0. The molecule has 1 aliphatic rings. The van der Waals surface area contributed by atoms with Gasteiger partial charge in [-0.3, -0.25) is 0 Å². The van der Waals surface area contributed by atoms with Crippen molar-refractivity contribution in [1.82, 2.24) is 5.32 Å². The summed E-state index contributed by atoms with van der Waals surface area (Å²) in [6.45, 7) is 4.81. The first-order valence-corrected chi connectivity index (χ1v) is 8.25. The van der Waals surface area contributed by atoms with E-state index in [0.29, 0.717) is 5.75 Å². The van der Waals surface area contributed by atoms with E-state index in [2.05, 4.69) is 12.2 Å². The molecule has 1 aliphatic carbocycles. The minimum absolute atomic E-state index is 0.258. The molecule has 0 aromatic heterocycles. The largest absolute Gasteiger partial charge is 0.311 e. The van der Waals surface area contributed by atoms with Gasteiger partial charge in [0.15, 0.2) is 0 Å². The standard InChI is InChI=1S/C12H25NO2S/c1-3-16(14,15)11-7-10-13-12(2)8-5-4-6-9-12/h13H,3-11H2,1-2H3. The number of hydrogen-bond donors (Lipinski definition) is 1. The molecule has 0 aromatic rings. The highest BCUT2D eigenvalue weighted by molar-refractivity contribution is 7.91. The zero-order valence-corrected chi connectivity index (χ0v) is 11.4. The third kappa shape index (κ3) is 4.83. The summed E-state index contributed by atoms with van der Waals surface area (Å²) in [5.74, 6) is 0.594. The summed E-state index contributed by atoms with van der Waals surface area (Å²) < 4.78 is 22.6. The van der Waals surface area contributed by atoms with Gasteiger partial charge in [-0.25, -0.2) is 8.42 Å². The molecule has 0 unspecified atom stereocenters. The normalized spacial score (nSPS) is 20.9. The first-order chi connectivity index (χ1) is 7.47. The van der Waals surface area contributed by atoms with E-state index in [1.54, 1.807) is 6.92 Å². The molecule has 0 aliphatic heterocycles. The van der Waals surface area contributed by atoms with Crippen LogP contribution in [0.5, 0.6) is 0 Å². The van der Waals surface area contributed by atoms with Gasteiger partial charge in [0, 0.05) is 11.3 Å². The topological polar surface area (TPSA) is 46.2 Å². The molecule has 1 rings (SSSR count). The Morgan fingerprint density at radius 3 is 2.38 bits per heavy atom. The quantitative estimate of drug-likeness (QED) is 0.731. The molecule has 1 N–H and O–H groups in total. The summed E-state index contributed by atoms with van der Waals surface area (Å²) in [6, 6.07) is 0. The van der Waals surface area contributed by atoms with Crippen LogP contribution in [0.25, 0.3) is 0 Å². The molecule has 0 spiro atoms. The van der Waals surface area contributed by atoms with Gasteiger partial charge in [0.25, 0.3) is 0 Å². The van der Waals surface area contributed by atoms with Crippen LogP contribution in [0.15, 0.2) is 0 Å². The average Bonchev–Trinajstić information content (AvgIpc) is 2.26. The molecule has 3 nitrogen and oxygen atoms in total. The van der Waals surface area contributed by atoms with Gasteiger partial charge in [-0.15, -0.1) is 0 Å². The molecule has 0 saturated heterocycles. The van der Waals surface area contributed by atoms with Crippen molar-refractivity contribution in [3.8, 4) is 0 Å². The summed E-state index contributed by atoms with van der Waals surface area (Å²) in [5, 5.41) is 3.53. The van der Waals surface area contributed by atoms with E-state index in [1.807, 2.05) is 0 Å². The van der Waals surface area contributed by atoms with Crippen LogP contribution in [-0.4, -0.2) is 32.0 Å². The lowest BCUT2D eigenvalue weighted by Gasteiger charge is -2.34. The van der Waals surface area contributed by atoms with E-state index >= 15 is 0 Å². The summed E-state index contributed by atoms with van der Waals surface area (Å²) in [6.07, 6.45) is 7.15. The van der Waals surface area contributed by atoms with E-state index in [1.165, 1.54) is 32.1 Å². The smallest absolute Gasteiger partial charge is 0.150 e. The average molecular weight is 247 g/mol. The maximum absolute atomic E-state index is 11.3. The predicted molar refractivity (Wildman–Crippen MR) is 68.4 cm³/mol. The maximum atomic E-state index is 11.3. The highest BCUT2D eigenvalue weighted by Gasteiger charge is 2.25. The molecule has 1 fully saturated rings. The Bertz CT molecular complexity index is 292. The highest BCUT2D eigenvalue weighted by Crippen LogP contribution is 2.27. The molecule has 0 heterocycles. The number of hydrogen-bond acceptors (Lipinski definition) is 3. The van der Waals surface area contributed by atoms with Crippen molar-refractivity contribution in [1.29, 1.82) is 0 Å². The highest BCUT2D eigenvalue weighted by atomic mass is 32.2. The van der Waals surface area contributed by atoms with Gasteiger partial charge < -0.3 is 5.32 Å². The zero-order valence-electron chi connectivity index (χ0n) is 10.6. The van der Waals surface area contributed by atoms with Crippen molar-refractivity contribution in [2.75, 3.05) is 18.1 Å². The van der Waals surface area contributed by atoms with Crippen LogP contribution < -0.4 is 5.32 Å². The van der Waals surface area contributed by atoms with Crippen LogP contribution in [0.2, 0.25) is 0 Å². The van der Waals surface area contributed by atoms with E-state index in [0.717, 1.165) is 13.0 Å². The first kappa shape index (κ1) is 14.0. The van der Waals surface area contributed by atoms with Crippen LogP contribution >= 0.6 is 0 Å². The lowest BCUT2D eigenvalue weighted by Crippen LogP contribution is -2.44. The number of nitrogens with one attached hydrogen (secondary N) is 1. The number of sulfone groups is 1. The molecule has 0 amide bonds. The van der Waals surface area contributed by atoms with Crippen LogP contribution in [0.3, 0.4) is 0 Å². The van der Waals surface area contributed by atoms with Crippen molar-refractivity contribution in [2.24, 2.45) is 0 Å². The van der Waals surface area contributed by atoms with E-state index in [4.69, 9.17) is 0 Å². The van der Waals surface area contributed by atoms with Crippen molar-refractivity contribution in [3.63, 3.8) is 0 Å². The second-order valence-corrected chi connectivity index (χ2v) is 7.61. The Morgan fingerprint density at radius 2 is 1.81 bits per heavy atom. The Balaban J connectivity index is 2.20. The van der Waals surface area contributed by atoms with Gasteiger partial charge >= 0.3 is 0 Å². The maximum Gasteiger partial charge on any atom is 0.150 e. The Hall–Kier alpha value is -0.0900. The second-order valence-electron chi connectivity index (χ2n) is 5.14. The third-order valence-corrected chi connectivity index (χ3v) is 5.37. The monoisotopic (exact) mass is 247 g/mol. The molecular weight excluding hydrogens is 222 g/mol. The molecule has 1 saturated carbocycles. The van der Waals surface area contributed by atoms with E-state index < -0.39 is 9.84 Å². The van der Waals surface area contributed by atoms with Gasteiger partial charge in [-0.2, -0.15) is 0 Å². The Kier molecular flexibility index (Phi) is 5.25. The molecule has 96 valence electrons. The molecule has 0 bridgehead atoms. The van der Waals surface area contributed by atoms with Crippen molar-refractivity contribution >= 4 is 9.84 Å². The van der Waals surface area contributed by atoms with Crippen LogP contribution in [0.4, 0.5) is 0 Å². The summed E-state index contributed by atoms with van der Waals surface area (Å²) in [7, 11) is -2.78. The Labute approximate surface area is 99.9 Å².